The second-order valence-corrected chi connectivity index (χ2v) is 5.64. The van der Waals surface area contributed by atoms with Crippen molar-refractivity contribution in [1.29, 1.82) is 0 Å². The molecule has 98 valence electrons. The van der Waals surface area contributed by atoms with E-state index in [1.165, 1.54) is 24.8 Å². The number of benzene rings is 1. The van der Waals surface area contributed by atoms with Crippen LogP contribution in [0.3, 0.4) is 0 Å². The first kappa shape index (κ1) is 12.0. The lowest BCUT2D eigenvalue weighted by atomic mass is 9.89. The summed E-state index contributed by atoms with van der Waals surface area (Å²) in [5.41, 5.74) is 4.27. The summed E-state index contributed by atoms with van der Waals surface area (Å²) < 4.78 is 5.57. The van der Waals surface area contributed by atoms with Crippen LogP contribution in [0.1, 0.15) is 37.8 Å². The number of nitrogens with two attached hydrogens (primary N) is 1. The molecule has 0 aliphatic heterocycles. The van der Waals surface area contributed by atoms with Crippen molar-refractivity contribution >= 4 is 0 Å². The zero-order valence-corrected chi connectivity index (χ0v) is 10.9. The van der Waals surface area contributed by atoms with Gasteiger partial charge in [0.2, 0.25) is 0 Å². The maximum absolute atomic E-state index is 5.78. The van der Waals surface area contributed by atoms with Gasteiger partial charge in [0, 0.05) is 6.04 Å². The van der Waals surface area contributed by atoms with Gasteiger partial charge in [0.1, 0.15) is 5.75 Å². The van der Waals surface area contributed by atoms with E-state index in [-0.39, 0.29) is 6.04 Å². The quantitative estimate of drug-likeness (QED) is 0.620. The van der Waals surface area contributed by atoms with Crippen molar-refractivity contribution < 1.29 is 4.74 Å². The van der Waals surface area contributed by atoms with Gasteiger partial charge in [-0.2, -0.15) is 0 Å². The maximum Gasteiger partial charge on any atom is 0.119 e. The van der Waals surface area contributed by atoms with E-state index in [9.17, 15) is 0 Å². The summed E-state index contributed by atoms with van der Waals surface area (Å²) in [4.78, 5) is 0. The molecule has 2 saturated carbocycles. The number of hydrogen-bond donors (Lipinski definition) is 2. The van der Waals surface area contributed by atoms with Crippen molar-refractivity contribution in [3.63, 3.8) is 0 Å². The van der Waals surface area contributed by atoms with Crippen LogP contribution in [0.15, 0.2) is 24.3 Å². The smallest absolute Gasteiger partial charge is 0.119 e. The minimum Gasteiger partial charge on any atom is -0.494 e. The third kappa shape index (κ3) is 2.25. The second-order valence-electron chi connectivity index (χ2n) is 5.64. The number of hydrazine groups is 1. The fourth-order valence-corrected chi connectivity index (χ4v) is 3.50. The Morgan fingerprint density at radius 3 is 2.78 bits per heavy atom. The van der Waals surface area contributed by atoms with Crippen LogP contribution in [-0.2, 0) is 0 Å². The number of ether oxygens (including phenoxy) is 1. The van der Waals surface area contributed by atoms with Gasteiger partial charge in [-0.25, -0.2) is 0 Å². The highest BCUT2D eigenvalue weighted by atomic mass is 16.5. The zero-order chi connectivity index (χ0) is 12.5. The summed E-state index contributed by atoms with van der Waals surface area (Å²) in [5, 5.41) is 0. The highest BCUT2D eigenvalue weighted by Crippen LogP contribution is 2.57. The van der Waals surface area contributed by atoms with Gasteiger partial charge in [-0.1, -0.05) is 12.1 Å². The minimum absolute atomic E-state index is 0.276. The molecule has 3 nitrogen and oxygen atoms in total. The Labute approximate surface area is 109 Å². The lowest BCUT2D eigenvalue weighted by Gasteiger charge is -2.24. The number of nitrogens with one attached hydrogen (secondary N) is 1. The molecule has 0 saturated heterocycles. The SMILES string of the molecule is CCOc1cccc(C(NN)C2CC3CC3C2)c1. The van der Waals surface area contributed by atoms with E-state index >= 15 is 0 Å². The molecule has 1 aromatic carbocycles. The molecule has 18 heavy (non-hydrogen) atoms. The first-order chi connectivity index (χ1) is 8.81. The predicted octanol–water partition coefficient (Wildman–Crippen LogP) is 2.64. The number of hydrogen-bond acceptors (Lipinski definition) is 3. The monoisotopic (exact) mass is 246 g/mol. The molecule has 2 aliphatic rings. The summed E-state index contributed by atoms with van der Waals surface area (Å²) >= 11 is 0. The van der Waals surface area contributed by atoms with Crippen LogP contribution >= 0.6 is 0 Å². The highest BCUT2D eigenvalue weighted by Gasteiger charge is 2.47. The van der Waals surface area contributed by atoms with Gasteiger partial charge < -0.3 is 4.74 Å². The van der Waals surface area contributed by atoms with Crippen molar-refractivity contribution in [2.24, 2.45) is 23.6 Å². The van der Waals surface area contributed by atoms with E-state index in [1.807, 2.05) is 13.0 Å². The summed E-state index contributed by atoms with van der Waals surface area (Å²) in [6.07, 6.45) is 4.11. The third-order valence-corrected chi connectivity index (χ3v) is 4.46. The highest BCUT2D eigenvalue weighted by molar-refractivity contribution is 5.31. The molecule has 3 unspecified atom stereocenters. The Morgan fingerprint density at radius 2 is 2.11 bits per heavy atom. The van der Waals surface area contributed by atoms with Crippen LogP contribution in [0.25, 0.3) is 0 Å². The van der Waals surface area contributed by atoms with Gasteiger partial charge in [-0.05, 0) is 61.6 Å². The maximum atomic E-state index is 5.78. The fraction of sp³-hybridized carbons (Fsp3) is 0.600. The summed E-state index contributed by atoms with van der Waals surface area (Å²) in [5.74, 6) is 9.39. The normalized spacial score (nSPS) is 30.9. The van der Waals surface area contributed by atoms with Crippen molar-refractivity contribution in [2.45, 2.75) is 32.2 Å². The van der Waals surface area contributed by atoms with Crippen molar-refractivity contribution in [3.8, 4) is 5.75 Å². The molecular weight excluding hydrogens is 224 g/mol. The number of rotatable bonds is 5. The van der Waals surface area contributed by atoms with Gasteiger partial charge in [0.25, 0.3) is 0 Å². The standard InChI is InChI=1S/C15H22N2O/c1-2-18-14-5-3-4-10(9-14)15(17-16)13-7-11-6-12(11)8-13/h3-5,9,11-13,15,17H,2,6-8,16H2,1H3. The average Bonchev–Trinajstić information content (AvgIpc) is 2.99. The summed E-state index contributed by atoms with van der Waals surface area (Å²) in [6.45, 7) is 2.72. The topological polar surface area (TPSA) is 47.3 Å². The molecule has 0 heterocycles. The Morgan fingerprint density at radius 1 is 1.33 bits per heavy atom. The van der Waals surface area contributed by atoms with Gasteiger partial charge >= 0.3 is 0 Å². The van der Waals surface area contributed by atoms with E-state index < -0.39 is 0 Å². The Balaban J connectivity index is 1.75. The van der Waals surface area contributed by atoms with Gasteiger partial charge in [-0.3, -0.25) is 11.3 Å². The minimum atomic E-state index is 0.276. The molecule has 0 radical (unpaired) electrons. The largest absolute Gasteiger partial charge is 0.494 e. The number of fused-ring (bicyclic) bond motifs is 1. The van der Waals surface area contributed by atoms with E-state index in [1.54, 1.807) is 0 Å². The summed E-state index contributed by atoms with van der Waals surface area (Å²) in [6, 6.07) is 8.61. The fourth-order valence-electron chi connectivity index (χ4n) is 3.50. The van der Waals surface area contributed by atoms with Gasteiger partial charge in [0.05, 0.1) is 6.61 Å². The van der Waals surface area contributed by atoms with Crippen LogP contribution in [-0.4, -0.2) is 6.61 Å². The third-order valence-electron chi connectivity index (χ3n) is 4.46. The van der Waals surface area contributed by atoms with Crippen LogP contribution in [0.5, 0.6) is 5.75 Å². The zero-order valence-electron chi connectivity index (χ0n) is 10.9. The molecule has 3 heteroatoms. The molecule has 0 bridgehead atoms. The van der Waals surface area contributed by atoms with Crippen LogP contribution in [0.2, 0.25) is 0 Å². The molecule has 0 amide bonds. The van der Waals surface area contributed by atoms with Crippen molar-refractivity contribution in [3.05, 3.63) is 29.8 Å². The molecule has 3 rings (SSSR count). The van der Waals surface area contributed by atoms with Crippen LogP contribution in [0.4, 0.5) is 0 Å². The molecular formula is C15H22N2O. The van der Waals surface area contributed by atoms with Gasteiger partial charge in [-0.15, -0.1) is 0 Å². The van der Waals surface area contributed by atoms with Gasteiger partial charge in [0.15, 0.2) is 0 Å². The molecule has 2 fully saturated rings. The predicted molar refractivity (Wildman–Crippen MR) is 72.0 cm³/mol. The average molecular weight is 246 g/mol. The Kier molecular flexibility index (Phi) is 3.27. The summed E-state index contributed by atoms with van der Waals surface area (Å²) in [7, 11) is 0. The molecule has 3 N–H and O–H groups in total. The molecule has 0 aromatic heterocycles. The molecule has 0 spiro atoms. The van der Waals surface area contributed by atoms with E-state index in [4.69, 9.17) is 10.6 Å². The van der Waals surface area contributed by atoms with E-state index in [2.05, 4.69) is 23.6 Å². The Bertz CT molecular complexity index is 411. The lowest BCUT2D eigenvalue weighted by molar-refractivity contribution is 0.331. The van der Waals surface area contributed by atoms with Crippen LogP contribution in [0, 0.1) is 17.8 Å². The Hall–Kier alpha value is -1.06. The molecule has 3 atom stereocenters. The van der Waals surface area contributed by atoms with E-state index in [0.29, 0.717) is 12.5 Å². The van der Waals surface area contributed by atoms with Crippen molar-refractivity contribution in [1.82, 2.24) is 5.43 Å². The first-order valence-corrected chi connectivity index (χ1v) is 7.00. The van der Waals surface area contributed by atoms with Crippen molar-refractivity contribution in [2.75, 3.05) is 6.61 Å². The second kappa shape index (κ2) is 4.90. The van der Waals surface area contributed by atoms with Crippen LogP contribution < -0.4 is 16.0 Å². The molecule has 1 aromatic rings. The lowest BCUT2D eigenvalue weighted by Crippen LogP contribution is -2.33. The molecule has 2 aliphatic carbocycles. The van der Waals surface area contributed by atoms with E-state index in [0.717, 1.165) is 17.6 Å². The first-order valence-electron chi connectivity index (χ1n) is 7.00.